The molecule has 1 amide bonds. The fourth-order valence-electron chi connectivity index (χ4n) is 2.23. The highest BCUT2D eigenvalue weighted by atomic mass is 35.7. The van der Waals surface area contributed by atoms with Gasteiger partial charge in [0.15, 0.2) is 0 Å². The summed E-state index contributed by atoms with van der Waals surface area (Å²) in [6.45, 7) is 3.97. The van der Waals surface area contributed by atoms with Crippen LogP contribution in [-0.2, 0) is 9.05 Å². The molecule has 116 valence electrons. The first-order chi connectivity index (χ1) is 9.70. The van der Waals surface area contributed by atoms with Crippen molar-refractivity contribution < 1.29 is 17.6 Å². The number of benzene rings is 1. The molecule has 0 aliphatic heterocycles. The van der Waals surface area contributed by atoms with Gasteiger partial charge in [-0.05, 0) is 49.3 Å². The van der Waals surface area contributed by atoms with Crippen molar-refractivity contribution in [2.45, 2.75) is 31.6 Å². The maximum Gasteiger partial charge on any atom is 0.264 e. The van der Waals surface area contributed by atoms with Crippen molar-refractivity contribution in [3.05, 3.63) is 29.1 Å². The molecule has 4 nitrogen and oxygen atoms in total. The van der Waals surface area contributed by atoms with Crippen LogP contribution in [-0.4, -0.2) is 20.9 Å². The SMILES string of the molecule is Cc1cc(C(=O)NCC(C)C2CC2)cc(S(=O)(=O)Cl)c1F. The summed E-state index contributed by atoms with van der Waals surface area (Å²) in [5, 5.41) is 2.75. The van der Waals surface area contributed by atoms with Gasteiger partial charge in [-0.25, -0.2) is 12.8 Å². The number of hydrogen-bond donors (Lipinski definition) is 1. The van der Waals surface area contributed by atoms with Gasteiger partial charge in [0.2, 0.25) is 0 Å². The first kappa shape index (κ1) is 16.2. The number of aryl methyl sites for hydroxylation is 1. The van der Waals surface area contributed by atoms with Gasteiger partial charge in [-0.3, -0.25) is 4.79 Å². The molecule has 1 unspecified atom stereocenters. The van der Waals surface area contributed by atoms with E-state index in [1.807, 2.05) is 0 Å². The van der Waals surface area contributed by atoms with Gasteiger partial charge in [0.05, 0.1) is 0 Å². The van der Waals surface area contributed by atoms with Crippen LogP contribution in [0.5, 0.6) is 0 Å². The second kappa shape index (κ2) is 5.93. The Morgan fingerprint density at radius 1 is 1.48 bits per heavy atom. The highest BCUT2D eigenvalue weighted by molar-refractivity contribution is 8.13. The molecule has 1 aliphatic rings. The normalized spacial score (nSPS) is 16.6. The monoisotopic (exact) mass is 333 g/mol. The first-order valence-corrected chi connectivity index (χ1v) is 9.04. The van der Waals surface area contributed by atoms with Gasteiger partial charge in [0, 0.05) is 22.8 Å². The highest BCUT2D eigenvalue weighted by Gasteiger charge is 2.28. The van der Waals surface area contributed by atoms with Gasteiger partial charge in [-0.2, -0.15) is 0 Å². The smallest absolute Gasteiger partial charge is 0.264 e. The molecule has 0 bridgehead atoms. The van der Waals surface area contributed by atoms with Crippen molar-refractivity contribution in [3.8, 4) is 0 Å². The third-order valence-electron chi connectivity index (χ3n) is 3.76. The molecule has 0 spiro atoms. The van der Waals surface area contributed by atoms with Crippen molar-refractivity contribution in [3.63, 3.8) is 0 Å². The van der Waals surface area contributed by atoms with Gasteiger partial charge in [-0.1, -0.05) is 6.92 Å². The number of hydrogen-bond acceptors (Lipinski definition) is 3. The predicted octanol–water partition coefficient (Wildman–Crippen LogP) is 2.84. The zero-order valence-electron chi connectivity index (χ0n) is 11.8. The summed E-state index contributed by atoms with van der Waals surface area (Å²) in [4.78, 5) is 11.4. The van der Waals surface area contributed by atoms with E-state index in [4.69, 9.17) is 10.7 Å². The Morgan fingerprint density at radius 3 is 2.62 bits per heavy atom. The quantitative estimate of drug-likeness (QED) is 0.843. The number of nitrogens with one attached hydrogen (secondary N) is 1. The molecule has 1 saturated carbocycles. The molecule has 1 atom stereocenters. The summed E-state index contributed by atoms with van der Waals surface area (Å²) < 4.78 is 36.5. The maximum absolute atomic E-state index is 13.8. The lowest BCUT2D eigenvalue weighted by atomic mass is 10.1. The molecule has 1 N–H and O–H groups in total. The molecule has 1 aromatic carbocycles. The number of amides is 1. The van der Waals surface area contributed by atoms with Crippen LogP contribution in [0.3, 0.4) is 0 Å². The van der Waals surface area contributed by atoms with Crippen LogP contribution in [0, 0.1) is 24.6 Å². The van der Waals surface area contributed by atoms with E-state index in [9.17, 15) is 17.6 Å². The minimum Gasteiger partial charge on any atom is -0.352 e. The van der Waals surface area contributed by atoms with E-state index in [-0.39, 0.29) is 11.1 Å². The van der Waals surface area contributed by atoms with Gasteiger partial charge in [0.1, 0.15) is 10.7 Å². The van der Waals surface area contributed by atoms with Gasteiger partial charge >= 0.3 is 0 Å². The van der Waals surface area contributed by atoms with Crippen LogP contribution >= 0.6 is 10.7 Å². The van der Waals surface area contributed by atoms with E-state index in [1.165, 1.54) is 25.8 Å². The Bertz CT molecular complexity index is 671. The third kappa shape index (κ3) is 3.95. The fraction of sp³-hybridized carbons (Fsp3) is 0.500. The minimum absolute atomic E-state index is 0.0668. The molecule has 1 aliphatic carbocycles. The van der Waals surface area contributed by atoms with Crippen LogP contribution in [0.2, 0.25) is 0 Å². The predicted molar refractivity (Wildman–Crippen MR) is 78.4 cm³/mol. The number of rotatable bonds is 5. The van der Waals surface area contributed by atoms with Crippen LogP contribution < -0.4 is 5.32 Å². The molecule has 2 rings (SSSR count). The molecule has 7 heteroatoms. The first-order valence-electron chi connectivity index (χ1n) is 6.73. The molecule has 0 heterocycles. The number of carbonyl (C=O) groups excluding carboxylic acids is 1. The van der Waals surface area contributed by atoms with Gasteiger partial charge < -0.3 is 5.32 Å². The summed E-state index contributed by atoms with van der Waals surface area (Å²) in [5.74, 6) is -0.314. The van der Waals surface area contributed by atoms with Crippen LogP contribution in [0.4, 0.5) is 4.39 Å². The van der Waals surface area contributed by atoms with E-state index in [1.54, 1.807) is 0 Å². The Hall–Kier alpha value is -1.14. The molecule has 0 aromatic heterocycles. The molecule has 1 fully saturated rings. The lowest BCUT2D eigenvalue weighted by Gasteiger charge is -2.12. The van der Waals surface area contributed by atoms with E-state index < -0.39 is 25.7 Å². The average molecular weight is 334 g/mol. The summed E-state index contributed by atoms with van der Waals surface area (Å²) in [6.07, 6.45) is 2.36. The summed E-state index contributed by atoms with van der Waals surface area (Å²) >= 11 is 0. The van der Waals surface area contributed by atoms with Crippen LogP contribution in [0.1, 0.15) is 35.7 Å². The van der Waals surface area contributed by atoms with Crippen LogP contribution in [0.15, 0.2) is 17.0 Å². The molecular weight excluding hydrogens is 317 g/mol. The van der Waals surface area contributed by atoms with E-state index in [0.717, 1.165) is 6.07 Å². The van der Waals surface area contributed by atoms with Crippen LogP contribution in [0.25, 0.3) is 0 Å². The van der Waals surface area contributed by atoms with Crippen molar-refractivity contribution in [2.24, 2.45) is 11.8 Å². The summed E-state index contributed by atoms with van der Waals surface area (Å²) in [6, 6.07) is 2.29. The fourth-order valence-corrected chi connectivity index (χ4v) is 3.21. The van der Waals surface area contributed by atoms with Crippen molar-refractivity contribution in [1.29, 1.82) is 0 Å². The Morgan fingerprint density at radius 2 is 2.10 bits per heavy atom. The zero-order chi connectivity index (χ0) is 15.8. The highest BCUT2D eigenvalue weighted by Crippen LogP contribution is 2.36. The van der Waals surface area contributed by atoms with Crippen molar-refractivity contribution in [2.75, 3.05) is 6.54 Å². The standard InChI is InChI=1S/C14H17ClFNO3S/c1-8-5-11(6-12(13(8)16)21(15,19)20)14(18)17-7-9(2)10-3-4-10/h5-6,9-10H,3-4,7H2,1-2H3,(H,17,18). The van der Waals surface area contributed by atoms with Crippen molar-refractivity contribution in [1.82, 2.24) is 5.32 Å². The number of halogens is 2. The molecular formula is C14H17ClFNO3S. The number of carbonyl (C=O) groups is 1. The minimum atomic E-state index is -4.23. The van der Waals surface area contributed by atoms with E-state index >= 15 is 0 Å². The van der Waals surface area contributed by atoms with E-state index in [2.05, 4.69) is 12.2 Å². The topological polar surface area (TPSA) is 63.2 Å². The second-order valence-electron chi connectivity index (χ2n) is 5.57. The molecule has 0 radical (unpaired) electrons. The lowest BCUT2D eigenvalue weighted by Crippen LogP contribution is -2.29. The van der Waals surface area contributed by atoms with Crippen molar-refractivity contribution >= 4 is 25.6 Å². The molecule has 1 aromatic rings. The second-order valence-corrected chi connectivity index (χ2v) is 8.10. The average Bonchev–Trinajstić information content (AvgIpc) is 3.21. The third-order valence-corrected chi connectivity index (χ3v) is 5.08. The summed E-state index contributed by atoms with van der Waals surface area (Å²) in [7, 11) is 0.961. The Balaban J connectivity index is 2.19. The van der Waals surface area contributed by atoms with Gasteiger partial charge in [-0.15, -0.1) is 0 Å². The summed E-state index contributed by atoms with van der Waals surface area (Å²) in [5.41, 5.74) is 0.160. The Kier molecular flexibility index (Phi) is 4.58. The lowest BCUT2D eigenvalue weighted by molar-refractivity contribution is 0.0946. The maximum atomic E-state index is 13.8. The molecule has 21 heavy (non-hydrogen) atoms. The largest absolute Gasteiger partial charge is 0.352 e. The zero-order valence-corrected chi connectivity index (χ0v) is 13.4. The van der Waals surface area contributed by atoms with Gasteiger partial charge in [0.25, 0.3) is 15.0 Å². The molecule has 0 saturated heterocycles. The van der Waals surface area contributed by atoms with E-state index in [0.29, 0.717) is 18.4 Å². The Labute approximate surface area is 128 Å².